The molecule has 0 aromatic carbocycles. The summed E-state index contributed by atoms with van der Waals surface area (Å²) in [7, 11) is 0. The first-order valence-corrected chi connectivity index (χ1v) is 3.91. The maximum absolute atomic E-state index is 8.56. The van der Waals surface area contributed by atoms with Gasteiger partial charge in [-0.2, -0.15) is 0 Å². The summed E-state index contributed by atoms with van der Waals surface area (Å²) in [6.45, 7) is 0. The Morgan fingerprint density at radius 3 is 0.259 bits per heavy atom. The van der Waals surface area contributed by atoms with Gasteiger partial charge in [-0.05, 0) is 0 Å². The van der Waals surface area contributed by atoms with E-state index in [0.29, 0.717) is 0 Å². The molecule has 0 heterocycles. The van der Waals surface area contributed by atoms with Gasteiger partial charge in [-0.1, -0.05) is 0 Å². The molecule has 0 bridgehead atoms. The molecule has 18 nitrogen and oxygen atoms in total. The zero-order valence-electron chi connectivity index (χ0n) is 10.8. The Morgan fingerprint density at radius 1 is 0.259 bits per heavy atom. The van der Waals surface area contributed by atoms with Crippen LogP contribution in [-0.4, -0.2) is 187 Å². The Morgan fingerprint density at radius 2 is 0.259 bits per heavy atom. The SMILES string of the molecule is O=C(O)O.O=C(O)O.O=C(O)O.O=C(O)O.O=C(O)O.O=C(O)O.[NaH].[NaH].[NaH]. The van der Waals surface area contributed by atoms with Crippen molar-refractivity contribution >= 4 is 126 Å². The van der Waals surface area contributed by atoms with E-state index in [1.165, 1.54) is 0 Å². The Hall–Kier alpha value is -1.38. The van der Waals surface area contributed by atoms with Gasteiger partial charge < -0.3 is 61.3 Å². The molecule has 21 heteroatoms. The second kappa shape index (κ2) is 49.7. The monoisotopic (exact) mass is 444 g/mol. The molecule has 0 aliphatic carbocycles. The molecular formula is C6H15Na3O18. The molecule has 12 N–H and O–H groups in total. The summed E-state index contributed by atoms with van der Waals surface area (Å²) in [5, 5.41) is 83.7. The van der Waals surface area contributed by atoms with Gasteiger partial charge >= 0.3 is 126 Å². The Labute approximate surface area is 213 Å². The van der Waals surface area contributed by atoms with Crippen LogP contribution >= 0.6 is 0 Å². The topological polar surface area (TPSA) is 345 Å². The summed E-state index contributed by atoms with van der Waals surface area (Å²) in [5.41, 5.74) is 0. The normalized spacial score (nSPS) is 5.33. The fourth-order valence-electron chi connectivity index (χ4n) is 0. The minimum absolute atomic E-state index is 0. The van der Waals surface area contributed by atoms with Gasteiger partial charge in [-0.25, -0.2) is 28.8 Å². The number of hydrogen-bond acceptors (Lipinski definition) is 6. The van der Waals surface area contributed by atoms with E-state index in [4.69, 9.17) is 90.0 Å². The van der Waals surface area contributed by atoms with Gasteiger partial charge in [0.1, 0.15) is 0 Å². The molecular weight excluding hydrogens is 429 g/mol. The van der Waals surface area contributed by atoms with Crippen LogP contribution in [0.3, 0.4) is 0 Å². The first-order valence-electron chi connectivity index (χ1n) is 3.91. The van der Waals surface area contributed by atoms with Crippen molar-refractivity contribution in [1.29, 1.82) is 0 Å². The molecule has 0 saturated heterocycles. The summed E-state index contributed by atoms with van der Waals surface area (Å²) < 4.78 is 0. The summed E-state index contributed by atoms with van der Waals surface area (Å²) >= 11 is 0. The maximum atomic E-state index is 8.56. The molecule has 0 aromatic rings. The molecule has 0 amide bonds. The number of rotatable bonds is 0. The molecule has 0 aromatic heterocycles. The molecule has 0 atom stereocenters. The van der Waals surface area contributed by atoms with E-state index >= 15 is 0 Å². The summed E-state index contributed by atoms with van der Waals surface area (Å²) in [6.07, 6.45) is -11.0. The average Bonchev–Trinajstić information content (AvgIpc) is 2.08. The van der Waals surface area contributed by atoms with E-state index < -0.39 is 36.9 Å². The molecule has 0 aliphatic rings. The second-order valence-corrected chi connectivity index (χ2v) is 1.70. The quantitative estimate of drug-likeness (QED) is 0.207. The van der Waals surface area contributed by atoms with Crippen LogP contribution in [0.5, 0.6) is 0 Å². The first kappa shape index (κ1) is 56.2. The van der Waals surface area contributed by atoms with Crippen molar-refractivity contribution in [3.8, 4) is 0 Å². The van der Waals surface area contributed by atoms with Crippen molar-refractivity contribution in [2.45, 2.75) is 0 Å². The van der Waals surface area contributed by atoms with Crippen molar-refractivity contribution in [3.63, 3.8) is 0 Å². The predicted molar refractivity (Wildman–Crippen MR) is 85.4 cm³/mol. The predicted octanol–water partition coefficient (Wildman–Crippen LogP) is -0.611. The van der Waals surface area contributed by atoms with E-state index in [9.17, 15) is 0 Å². The molecule has 0 spiro atoms. The van der Waals surface area contributed by atoms with Gasteiger partial charge in [0.25, 0.3) is 0 Å². The van der Waals surface area contributed by atoms with Crippen LogP contribution in [0.1, 0.15) is 0 Å². The van der Waals surface area contributed by atoms with Gasteiger partial charge in [0.05, 0.1) is 0 Å². The van der Waals surface area contributed by atoms with Gasteiger partial charge in [0.2, 0.25) is 0 Å². The third-order valence-electron chi connectivity index (χ3n) is 0. The van der Waals surface area contributed by atoms with Crippen molar-refractivity contribution in [1.82, 2.24) is 0 Å². The van der Waals surface area contributed by atoms with Crippen LogP contribution in [0.25, 0.3) is 0 Å². The standard InChI is InChI=1S/6CH2O3.3Na.3H/c6*2-1(3)4;;;;;;/h6*(H2,2,3,4);;;;;;. The first-order chi connectivity index (χ1) is 10.4. The van der Waals surface area contributed by atoms with Crippen molar-refractivity contribution in [2.75, 3.05) is 0 Å². The van der Waals surface area contributed by atoms with Gasteiger partial charge in [-0.15, -0.1) is 0 Å². The van der Waals surface area contributed by atoms with Gasteiger partial charge in [0, 0.05) is 0 Å². The number of carboxylic acid groups (broad SMARTS) is 12. The third-order valence-corrected chi connectivity index (χ3v) is 0. The van der Waals surface area contributed by atoms with E-state index in [1.807, 2.05) is 0 Å². The zero-order chi connectivity index (χ0) is 21.5. The Bertz CT molecular complexity index is 264. The summed E-state index contributed by atoms with van der Waals surface area (Å²) in [5.74, 6) is 0. The number of carbonyl (C=O) groups is 6. The van der Waals surface area contributed by atoms with E-state index in [-0.39, 0.29) is 88.7 Å². The molecule has 0 unspecified atom stereocenters. The minimum atomic E-state index is -1.83. The summed E-state index contributed by atoms with van der Waals surface area (Å²) in [4.78, 5) is 51.3. The zero-order valence-corrected chi connectivity index (χ0v) is 10.8. The van der Waals surface area contributed by atoms with E-state index in [2.05, 4.69) is 0 Å². The fraction of sp³-hybridized carbons (Fsp3) is 0. The average molecular weight is 444 g/mol. The van der Waals surface area contributed by atoms with Crippen molar-refractivity contribution in [3.05, 3.63) is 0 Å². The van der Waals surface area contributed by atoms with Crippen LogP contribution in [0.4, 0.5) is 28.8 Å². The molecule has 27 heavy (non-hydrogen) atoms. The van der Waals surface area contributed by atoms with Crippen LogP contribution in [0.15, 0.2) is 0 Å². The van der Waals surface area contributed by atoms with E-state index in [0.717, 1.165) is 0 Å². The van der Waals surface area contributed by atoms with Crippen LogP contribution in [0, 0.1) is 0 Å². The van der Waals surface area contributed by atoms with Crippen LogP contribution in [-0.2, 0) is 0 Å². The van der Waals surface area contributed by atoms with Crippen molar-refractivity contribution < 1.29 is 90.0 Å². The molecule has 0 radical (unpaired) electrons. The molecule has 0 fully saturated rings. The Balaban J connectivity index is -0.0000000201. The molecule has 0 rings (SSSR count). The van der Waals surface area contributed by atoms with Crippen LogP contribution < -0.4 is 0 Å². The summed E-state index contributed by atoms with van der Waals surface area (Å²) in [6, 6.07) is 0. The molecule has 150 valence electrons. The third kappa shape index (κ3) is 6610. The van der Waals surface area contributed by atoms with E-state index in [1.54, 1.807) is 0 Å². The van der Waals surface area contributed by atoms with Gasteiger partial charge in [-0.3, -0.25) is 0 Å². The van der Waals surface area contributed by atoms with Gasteiger partial charge in [0.15, 0.2) is 0 Å². The second-order valence-electron chi connectivity index (χ2n) is 1.70. The van der Waals surface area contributed by atoms with Crippen LogP contribution in [0.2, 0.25) is 0 Å². The molecule has 0 aliphatic heterocycles. The number of hydrogen-bond donors (Lipinski definition) is 12. The van der Waals surface area contributed by atoms with Crippen molar-refractivity contribution in [2.24, 2.45) is 0 Å². The fourth-order valence-corrected chi connectivity index (χ4v) is 0. The Kier molecular flexibility index (Phi) is 104. The molecule has 0 saturated carbocycles.